The second kappa shape index (κ2) is 30.1. The van der Waals surface area contributed by atoms with E-state index in [1.54, 1.807) is 82.6 Å². The topological polar surface area (TPSA) is 254 Å². The van der Waals surface area contributed by atoms with Gasteiger partial charge in [-0.25, -0.2) is 32.5 Å². The Morgan fingerprint density at radius 2 is 1.20 bits per heavy atom. The van der Waals surface area contributed by atoms with E-state index >= 15 is 0 Å². The zero-order chi connectivity index (χ0) is 54.9. The van der Waals surface area contributed by atoms with Crippen LogP contribution in [0.1, 0.15) is 39.3 Å². The summed E-state index contributed by atoms with van der Waals surface area (Å²) in [6.45, 7) is 9.00. The molecule has 0 spiro atoms. The predicted octanol–water partition coefficient (Wildman–Crippen LogP) is 9.44. The summed E-state index contributed by atoms with van der Waals surface area (Å²) >= 11 is 8.93. The maximum atomic E-state index is 15.0. The van der Waals surface area contributed by atoms with E-state index in [0.717, 1.165) is 50.4 Å². The van der Waals surface area contributed by atoms with Gasteiger partial charge in [0.25, 0.3) is 0 Å². The van der Waals surface area contributed by atoms with Crippen molar-refractivity contribution in [1.82, 2.24) is 71.4 Å². The molecular formula is C52H60Cl2F2N16O6S2. The van der Waals surface area contributed by atoms with Crippen LogP contribution in [0, 0.1) is 11.6 Å². The van der Waals surface area contributed by atoms with Gasteiger partial charge in [0.2, 0.25) is 0 Å². The molecule has 2 fully saturated rings. The molecule has 0 saturated carbocycles. The van der Waals surface area contributed by atoms with E-state index in [1.807, 2.05) is 69.3 Å². The number of nitrogens with one attached hydrogen (secondary N) is 4. The minimum Gasteiger partial charge on any atom is -0.444 e. The molecule has 0 bridgehead atoms. The second-order valence-electron chi connectivity index (χ2n) is 18.3. The number of ether oxygens (including phenoxy) is 3. The first-order chi connectivity index (χ1) is 37.8. The Morgan fingerprint density at radius 3 is 1.61 bits per heavy atom. The van der Waals surface area contributed by atoms with Crippen molar-refractivity contribution < 1.29 is 37.4 Å². The zero-order valence-electron chi connectivity index (χ0n) is 42.9. The third kappa shape index (κ3) is 18.2. The Kier molecular flexibility index (Phi) is 23.1. The summed E-state index contributed by atoms with van der Waals surface area (Å²) in [5.74, 6) is 1.22. The van der Waals surface area contributed by atoms with Crippen molar-refractivity contribution >= 4 is 77.2 Å². The molecule has 2 aliphatic heterocycles. The number of anilines is 2. The summed E-state index contributed by atoms with van der Waals surface area (Å²) in [5, 5.41) is 43.4. The normalized spacial score (nSPS) is 14.6. The van der Waals surface area contributed by atoms with Crippen LogP contribution in [0.15, 0.2) is 132 Å². The number of alkyl carbamates (subject to hydrolysis) is 1. The molecule has 10 rings (SSSR count). The number of thioether (sulfide) groups is 2. The van der Waals surface area contributed by atoms with Crippen molar-refractivity contribution in [2.24, 2.45) is 0 Å². The molecule has 6 heterocycles. The van der Waals surface area contributed by atoms with Crippen molar-refractivity contribution in [3.63, 3.8) is 0 Å². The lowest BCUT2D eigenvalue weighted by molar-refractivity contribution is 0.0531. The van der Waals surface area contributed by atoms with Crippen molar-refractivity contribution in [2.45, 2.75) is 81.6 Å². The number of hydrogen-bond donors (Lipinski definition) is 4. The van der Waals surface area contributed by atoms with Crippen molar-refractivity contribution in [3.05, 3.63) is 145 Å². The highest BCUT2D eigenvalue weighted by Crippen LogP contribution is 2.32. The fraction of sp³-hybridized carbons (Fsp3) is 0.327. The van der Waals surface area contributed by atoms with E-state index in [1.165, 1.54) is 33.7 Å². The smallest absolute Gasteiger partial charge is 0.414 e. The van der Waals surface area contributed by atoms with Gasteiger partial charge in [0.05, 0.1) is 62.3 Å². The van der Waals surface area contributed by atoms with Crippen LogP contribution in [0.5, 0.6) is 0 Å². The number of H-pyrrole nitrogens is 2. The van der Waals surface area contributed by atoms with Crippen molar-refractivity contribution in [1.29, 1.82) is 0 Å². The summed E-state index contributed by atoms with van der Waals surface area (Å²) in [6.07, 6.45) is 7.70. The molecule has 2 atom stereocenters. The Bertz CT molecular complexity index is 3150. The lowest BCUT2D eigenvalue weighted by Gasteiger charge is -2.19. The highest BCUT2D eigenvalue weighted by atomic mass is 35.5. The van der Waals surface area contributed by atoms with Gasteiger partial charge in [-0.15, -0.1) is 67.9 Å². The molecule has 3 amide bonds. The van der Waals surface area contributed by atoms with Crippen molar-refractivity contribution in [3.8, 4) is 22.3 Å². The van der Waals surface area contributed by atoms with Crippen LogP contribution in [-0.4, -0.2) is 135 Å². The third-order valence-electron chi connectivity index (χ3n) is 11.4. The van der Waals surface area contributed by atoms with Crippen LogP contribution in [-0.2, 0) is 39.7 Å². The minimum atomic E-state index is -0.501. The molecule has 22 nitrogen and oxygen atoms in total. The minimum absolute atomic E-state index is 0. The number of alkyl halides is 1. The monoisotopic (exact) mass is 1180 g/mol. The van der Waals surface area contributed by atoms with E-state index in [9.17, 15) is 23.2 Å². The Balaban J connectivity index is 0.000000204. The van der Waals surface area contributed by atoms with Crippen LogP contribution >= 0.6 is 47.5 Å². The van der Waals surface area contributed by atoms with E-state index in [0.29, 0.717) is 67.7 Å². The molecule has 0 radical (unpaired) electrons. The quantitative estimate of drug-likeness (QED) is 0.0254. The predicted molar refractivity (Wildman–Crippen MR) is 303 cm³/mol. The van der Waals surface area contributed by atoms with Crippen molar-refractivity contribution in [2.75, 3.05) is 47.5 Å². The average molecular weight is 1180 g/mol. The fourth-order valence-electron chi connectivity index (χ4n) is 7.72. The molecule has 2 aliphatic rings. The molecule has 0 aliphatic carbocycles. The first-order valence-electron chi connectivity index (χ1n) is 24.4. The number of rotatable bonds is 19. The number of aromatic nitrogens is 12. The lowest BCUT2D eigenvalue weighted by Crippen LogP contribution is -2.33. The van der Waals surface area contributed by atoms with E-state index in [2.05, 4.69) is 62.1 Å². The first kappa shape index (κ1) is 61.6. The second-order valence-corrected chi connectivity index (χ2v) is 20.8. The highest BCUT2D eigenvalue weighted by Gasteiger charge is 2.34. The standard InChI is InChI=1S/C23H23FN8O2S.C19H16ClFN4O2.C9H16N4O2S.CH4.ClH/c24-21-11-18(32-15-19(34-23(32)33)14-31-9-7-26-30-31)5-6-20(21)17-3-1-16(2-4-17)12-25-8-10-35-22-13-27-29-28-22;20-10-13-1-3-14(4-2-13)17-6-5-15(9-18(17)21)25-12-16(27-19(25)26)11-24-8-7-22-23-24;1-9(2,3)15-8(14)10-4-5-16-7-6-11-13-12-7;;/h1-7,9,11,13,19,25H,8,10,12,14-15H2,(H,27,28,29);1-9,16H,10-12H2;6H,4-5H2,1-3H3,(H,10,14)(H,11,12,13);1H4;1H/t19-;16-;;;/m00.../s1. The molecule has 80 heavy (non-hydrogen) atoms. The SMILES string of the molecule is C.CC(C)(C)OC(=O)NCCSc1cn[nH]n1.Cl.O=C1O[C@@H](Cn2ccnn2)CN1c1ccc(-c2ccc(CCl)cc2)c(F)c1.O=C1O[C@@H](Cn2ccnn2)CN1c1ccc(-c2ccc(CNCCSc3cn[nH]n3)cc2)c(F)c1. The summed E-state index contributed by atoms with van der Waals surface area (Å²) in [7, 11) is 0. The summed E-state index contributed by atoms with van der Waals surface area (Å²) in [5.41, 5.74) is 5.00. The molecule has 28 heteroatoms. The number of aromatic amines is 2. The van der Waals surface area contributed by atoms with Crippen LogP contribution < -0.4 is 20.4 Å². The molecule has 2 saturated heterocycles. The molecule has 8 aromatic rings. The number of carbonyl (C=O) groups is 3. The summed E-state index contributed by atoms with van der Waals surface area (Å²) < 4.78 is 48.7. The van der Waals surface area contributed by atoms with Gasteiger partial charge in [0.15, 0.2) is 0 Å². The molecule has 0 unspecified atom stereocenters. The molecular weight excluding hydrogens is 1120 g/mol. The van der Waals surface area contributed by atoms with Gasteiger partial charge in [-0.1, -0.05) is 66.4 Å². The Hall–Kier alpha value is -7.65. The maximum absolute atomic E-state index is 15.0. The number of halogens is 4. The number of benzene rings is 4. The summed E-state index contributed by atoms with van der Waals surface area (Å²) in [4.78, 5) is 38.6. The molecule has 4 aromatic heterocycles. The molecule has 424 valence electrons. The maximum Gasteiger partial charge on any atom is 0.414 e. The zero-order valence-corrected chi connectivity index (χ0v) is 46.2. The van der Waals surface area contributed by atoms with Crippen LogP contribution in [0.3, 0.4) is 0 Å². The number of cyclic esters (lactones) is 2. The third-order valence-corrected chi connectivity index (χ3v) is 13.5. The van der Waals surface area contributed by atoms with E-state index in [4.69, 9.17) is 25.8 Å². The highest BCUT2D eigenvalue weighted by molar-refractivity contribution is 7.99. The van der Waals surface area contributed by atoms with Gasteiger partial charge in [-0.3, -0.25) is 9.80 Å². The van der Waals surface area contributed by atoms with Crippen LogP contribution in [0.4, 0.5) is 34.5 Å². The molecule has 4 aromatic carbocycles. The van der Waals surface area contributed by atoms with Gasteiger partial charge in [0.1, 0.15) is 39.5 Å². The number of carbonyl (C=O) groups excluding carboxylic acids is 3. The average Bonchev–Trinajstić information content (AvgIpc) is 4.35. The number of amides is 3. The number of nitrogens with zero attached hydrogens (tertiary/aromatic N) is 12. The van der Waals surface area contributed by atoms with E-state index in [-0.39, 0.29) is 32.0 Å². The Morgan fingerprint density at radius 1 is 0.725 bits per heavy atom. The summed E-state index contributed by atoms with van der Waals surface area (Å²) in [6, 6.07) is 24.7. The molecule has 4 N–H and O–H groups in total. The Labute approximate surface area is 479 Å². The van der Waals surface area contributed by atoms with Gasteiger partial charge in [0, 0.05) is 60.5 Å². The van der Waals surface area contributed by atoms with E-state index < -0.39 is 35.5 Å². The van der Waals surface area contributed by atoms with Gasteiger partial charge in [-0.2, -0.15) is 20.6 Å². The van der Waals surface area contributed by atoms with Gasteiger partial charge in [-0.05, 0) is 79.4 Å². The largest absolute Gasteiger partial charge is 0.444 e. The first-order valence-corrected chi connectivity index (χ1v) is 26.9. The van der Waals surface area contributed by atoms with Gasteiger partial charge >= 0.3 is 18.3 Å². The van der Waals surface area contributed by atoms with Crippen LogP contribution in [0.2, 0.25) is 0 Å². The van der Waals surface area contributed by atoms with Crippen LogP contribution in [0.25, 0.3) is 22.3 Å². The van der Waals surface area contributed by atoms with Gasteiger partial charge < -0.3 is 24.8 Å². The number of hydrogen-bond acceptors (Lipinski definition) is 17. The lowest BCUT2D eigenvalue weighted by atomic mass is 10.0. The fourth-order valence-corrected chi connectivity index (χ4v) is 9.24.